The van der Waals surface area contributed by atoms with Crippen LogP contribution in [0.3, 0.4) is 0 Å². The molecule has 27 heavy (non-hydrogen) atoms. The standard InChI is InChI=1S/C19H15F2NO5/c1-24-15-8-5-12(10-16(15)25-2)17-22-14(18(23)27-17)9-11-3-6-13(7-4-11)26-19(20)21/h3-10,19H,1-2H3/b14-9-. The van der Waals surface area contributed by atoms with Crippen LogP contribution in [0.4, 0.5) is 8.78 Å². The van der Waals surface area contributed by atoms with Crippen LogP contribution in [0.15, 0.2) is 53.2 Å². The number of nitrogens with zero attached hydrogens (tertiary/aromatic N) is 1. The molecule has 1 aliphatic rings. The third kappa shape index (κ3) is 4.22. The summed E-state index contributed by atoms with van der Waals surface area (Å²) in [7, 11) is 3.01. The Balaban J connectivity index is 1.84. The quantitative estimate of drug-likeness (QED) is 0.570. The van der Waals surface area contributed by atoms with E-state index in [0.717, 1.165) is 0 Å². The van der Waals surface area contributed by atoms with Crippen LogP contribution in [0.1, 0.15) is 11.1 Å². The number of cyclic esters (lactones) is 1. The van der Waals surface area contributed by atoms with Gasteiger partial charge in [0.25, 0.3) is 0 Å². The van der Waals surface area contributed by atoms with E-state index < -0.39 is 12.6 Å². The van der Waals surface area contributed by atoms with Crippen molar-refractivity contribution in [3.8, 4) is 17.2 Å². The van der Waals surface area contributed by atoms with Gasteiger partial charge in [-0.05, 0) is 42.0 Å². The van der Waals surface area contributed by atoms with Crippen molar-refractivity contribution < 1.29 is 32.5 Å². The number of hydrogen-bond acceptors (Lipinski definition) is 6. The zero-order chi connectivity index (χ0) is 19.4. The molecule has 0 saturated heterocycles. The molecule has 0 fully saturated rings. The fraction of sp³-hybridized carbons (Fsp3) is 0.158. The second-order valence-electron chi connectivity index (χ2n) is 5.35. The molecule has 0 saturated carbocycles. The van der Waals surface area contributed by atoms with Gasteiger partial charge < -0.3 is 18.9 Å². The first-order valence-corrected chi connectivity index (χ1v) is 7.80. The lowest BCUT2D eigenvalue weighted by Crippen LogP contribution is -2.06. The molecule has 0 atom stereocenters. The average Bonchev–Trinajstić information content (AvgIpc) is 3.02. The van der Waals surface area contributed by atoms with Crippen molar-refractivity contribution >= 4 is 17.9 Å². The van der Waals surface area contributed by atoms with E-state index in [1.165, 1.54) is 44.6 Å². The van der Waals surface area contributed by atoms with E-state index in [1.54, 1.807) is 18.2 Å². The summed E-state index contributed by atoms with van der Waals surface area (Å²) in [5, 5.41) is 0. The van der Waals surface area contributed by atoms with Crippen LogP contribution in [-0.2, 0) is 9.53 Å². The van der Waals surface area contributed by atoms with Gasteiger partial charge in [0.1, 0.15) is 5.75 Å². The molecule has 1 aliphatic heterocycles. The molecular weight excluding hydrogens is 360 g/mol. The molecule has 0 bridgehead atoms. The lowest BCUT2D eigenvalue weighted by molar-refractivity contribution is -0.129. The Kier molecular flexibility index (Phi) is 5.35. The van der Waals surface area contributed by atoms with Crippen molar-refractivity contribution in [3.05, 3.63) is 59.3 Å². The van der Waals surface area contributed by atoms with Crippen LogP contribution < -0.4 is 14.2 Å². The summed E-state index contributed by atoms with van der Waals surface area (Å²) in [6.45, 7) is -2.90. The summed E-state index contributed by atoms with van der Waals surface area (Å²) in [5.41, 5.74) is 1.22. The zero-order valence-corrected chi connectivity index (χ0v) is 14.4. The number of hydrogen-bond donors (Lipinski definition) is 0. The van der Waals surface area contributed by atoms with Crippen molar-refractivity contribution in [2.75, 3.05) is 14.2 Å². The molecule has 0 unspecified atom stereocenters. The Labute approximate surface area is 153 Å². The number of rotatable bonds is 6. The number of carbonyl (C=O) groups is 1. The van der Waals surface area contributed by atoms with Crippen molar-refractivity contribution in [2.24, 2.45) is 4.99 Å². The number of halogens is 2. The summed E-state index contributed by atoms with van der Waals surface area (Å²) in [6, 6.07) is 10.8. The van der Waals surface area contributed by atoms with E-state index in [0.29, 0.717) is 22.6 Å². The molecule has 2 aromatic rings. The Morgan fingerprint density at radius 2 is 1.74 bits per heavy atom. The summed E-state index contributed by atoms with van der Waals surface area (Å²) in [4.78, 5) is 16.3. The van der Waals surface area contributed by atoms with Gasteiger partial charge in [-0.3, -0.25) is 0 Å². The van der Waals surface area contributed by atoms with Crippen LogP contribution in [-0.4, -0.2) is 32.7 Å². The van der Waals surface area contributed by atoms with Gasteiger partial charge >= 0.3 is 12.6 Å². The number of benzene rings is 2. The van der Waals surface area contributed by atoms with E-state index in [2.05, 4.69) is 9.73 Å². The molecule has 6 nitrogen and oxygen atoms in total. The maximum Gasteiger partial charge on any atom is 0.387 e. The van der Waals surface area contributed by atoms with Gasteiger partial charge in [0.2, 0.25) is 5.90 Å². The van der Waals surface area contributed by atoms with E-state index in [9.17, 15) is 13.6 Å². The number of ether oxygens (including phenoxy) is 4. The molecule has 0 spiro atoms. The van der Waals surface area contributed by atoms with Crippen LogP contribution in [0.2, 0.25) is 0 Å². The van der Waals surface area contributed by atoms with Crippen LogP contribution in [0.25, 0.3) is 6.08 Å². The number of carbonyl (C=O) groups excluding carboxylic acids is 1. The maximum absolute atomic E-state index is 12.2. The minimum atomic E-state index is -2.90. The van der Waals surface area contributed by atoms with Gasteiger partial charge in [0, 0.05) is 5.56 Å². The van der Waals surface area contributed by atoms with Gasteiger partial charge in [0.05, 0.1) is 14.2 Å². The second kappa shape index (κ2) is 7.86. The smallest absolute Gasteiger partial charge is 0.387 e. The first-order chi connectivity index (χ1) is 13.0. The summed E-state index contributed by atoms with van der Waals surface area (Å²) < 4.78 is 44.2. The SMILES string of the molecule is COc1ccc(C2=N/C(=C\c3ccc(OC(F)F)cc3)C(=O)O2)cc1OC. The highest BCUT2D eigenvalue weighted by Gasteiger charge is 2.25. The topological polar surface area (TPSA) is 66.4 Å². The Morgan fingerprint density at radius 1 is 1.04 bits per heavy atom. The van der Waals surface area contributed by atoms with E-state index in [4.69, 9.17) is 14.2 Å². The highest BCUT2D eigenvalue weighted by atomic mass is 19.3. The van der Waals surface area contributed by atoms with Crippen LogP contribution in [0.5, 0.6) is 17.2 Å². The molecule has 8 heteroatoms. The van der Waals surface area contributed by atoms with E-state index >= 15 is 0 Å². The van der Waals surface area contributed by atoms with Crippen LogP contribution >= 0.6 is 0 Å². The lowest BCUT2D eigenvalue weighted by Gasteiger charge is -2.08. The Morgan fingerprint density at radius 3 is 2.37 bits per heavy atom. The van der Waals surface area contributed by atoms with Gasteiger partial charge in [-0.15, -0.1) is 0 Å². The molecule has 3 rings (SSSR count). The van der Waals surface area contributed by atoms with E-state index in [-0.39, 0.29) is 17.3 Å². The van der Waals surface area contributed by atoms with Crippen molar-refractivity contribution in [2.45, 2.75) is 6.61 Å². The number of esters is 1. The first kappa shape index (κ1) is 18.4. The number of aliphatic imine (C=N–C) groups is 1. The molecule has 0 amide bonds. The fourth-order valence-corrected chi connectivity index (χ4v) is 2.41. The minimum absolute atomic E-state index is 0.0238. The summed E-state index contributed by atoms with van der Waals surface area (Å²) >= 11 is 0. The molecule has 2 aromatic carbocycles. The van der Waals surface area contributed by atoms with Crippen molar-refractivity contribution in [1.29, 1.82) is 0 Å². The van der Waals surface area contributed by atoms with Crippen molar-refractivity contribution in [1.82, 2.24) is 0 Å². The van der Waals surface area contributed by atoms with Crippen molar-refractivity contribution in [3.63, 3.8) is 0 Å². The monoisotopic (exact) mass is 375 g/mol. The van der Waals surface area contributed by atoms with Crippen LogP contribution in [0, 0.1) is 0 Å². The lowest BCUT2D eigenvalue weighted by atomic mass is 10.2. The summed E-state index contributed by atoms with van der Waals surface area (Å²) in [6.07, 6.45) is 1.49. The minimum Gasteiger partial charge on any atom is -0.493 e. The predicted octanol–water partition coefficient (Wildman–Crippen LogP) is 3.65. The molecule has 0 N–H and O–H groups in total. The predicted molar refractivity (Wildman–Crippen MR) is 93.2 cm³/mol. The highest BCUT2D eigenvalue weighted by Crippen LogP contribution is 2.29. The van der Waals surface area contributed by atoms with E-state index in [1.807, 2.05) is 0 Å². The molecule has 0 aromatic heterocycles. The van der Waals surface area contributed by atoms with Gasteiger partial charge in [-0.1, -0.05) is 12.1 Å². The second-order valence-corrected chi connectivity index (χ2v) is 5.35. The summed E-state index contributed by atoms with van der Waals surface area (Å²) in [5.74, 6) is 0.544. The third-order valence-corrected chi connectivity index (χ3v) is 3.66. The average molecular weight is 375 g/mol. The largest absolute Gasteiger partial charge is 0.493 e. The fourth-order valence-electron chi connectivity index (χ4n) is 2.41. The zero-order valence-electron chi connectivity index (χ0n) is 14.4. The Bertz CT molecular complexity index is 907. The molecular formula is C19H15F2NO5. The number of alkyl halides is 2. The highest BCUT2D eigenvalue weighted by molar-refractivity contribution is 6.13. The first-order valence-electron chi connectivity index (χ1n) is 7.80. The number of methoxy groups -OCH3 is 2. The molecule has 0 aliphatic carbocycles. The maximum atomic E-state index is 12.2. The third-order valence-electron chi connectivity index (χ3n) is 3.66. The van der Waals surface area contributed by atoms with Gasteiger partial charge in [-0.25, -0.2) is 9.79 Å². The Hall–Kier alpha value is -3.42. The van der Waals surface area contributed by atoms with Gasteiger partial charge in [-0.2, -0.15) is 8.78 Å². The normalized spacial score (nSPS) is 14.9. The molecule has 1 heterocycles. The molecule has 0 radical (unpaired) electrons. The van der Waals surface area contributed by atoms with Gasteiger partial charge in [0.15, 0.2) is 17.2 Å². The molecule has 140 valence electrons.